The summed E-state index contributed by atoms with van der Waals surface area (Å²) in [5.41, 5.74) is 0.155. The van der Waals surface area contributed by atoms with Gasteiger partial charge >= 0.3 is 6.18 Å². The molecule has 0 saturated carbocycles. The van der Waals surface area contributed by atoms with E-state index in [0.29, 0.717) is 5.56 Å². The van der Waals surface area contributed by atoms with Gasteiger partial charge in [0.2, 0.25) is 0 Å². The Morgan fingerprint density at radius 2 is 1.75 bits per heavy atom. The summed E-state index contributed by atoms with van der Waals surface area (Å²) >= 11 is 0. The van der Waals surface area contributed by atoms with Crippen LogP contribution in [-0.2, 0) is 12.7 Å². The summed E-state index contributed by atoms with van der Waals surface area (Å²) in [5.74, 6) is -0.665. The highest BCUT2D eigenvalue weighted by Gasteiger charge is 2.30. The second kappa shape index (κ2) is 8.03. The molecule has 28 heavy (non-hydrogen) atoms. The molecule has 0 aliphatic heterocycles. The number of benzene rings is 2. The van der Waals surface area contributed by atoms with Crippen molar-refractivity contribution in [3.63, 3.8) is 0 Å². The summed E-state index contributed by atoms with van der Waals surface area (Å²) in [6, 6.07) is 10.3. The first-order valence-electron chi connectivity index (χ1n) is 8.10. The average Bonchev–Trinajstić information content (AvgIpc) is 2.67. The van der Waals surface area contributed by atoms with Crippen LogP contribution in [0.4, 0.5) is 29.1 Å². The molecule has 144 valence electrons. The van der Waals surface area contributed by atoms with E-state index >= 15 is 0 Å². The van der Waals surface area contributed by atoms with E-state index in [1.54, 1.807) is 12.1 Å². The van der Waals surface area contributed by atoms with Crippen LogP contribution in [-0.4, -0.2) is 15.9 Å². The van der Waals surface area contributed by atoms with Crippen LogP contribution in [0.5, 0.6) is 0 Å². The number of nitrogens with one attached hydrogen (secondary N) is 2. The molecule has 3 aromatic rings. The van der Waals surface area contributed by atoms with Gasteiger partial charge in [0.15, 0.2) is 0 Å². The number of alkyl halides is 3. The molecular weight excluding hydrogens is 376 g/mol. The van der Waals surface area contributed by atoms with Crippen LogP contribution in [0.3, 0.4) is 0 Å². The summed E-state index contributed by atoms with van der Waals surface area (Å²) in [5, 5.41) is 5.32. The van der Waals surface area contributed by atoms with Gasteiger partial charge in [-0.3, -0.25) is 4.79 Å². The largest absolute Gasteiger partial charge is 0.416 e. The molecule has 0 spiro atoms. The Bertz CT molecular complexity index is 957. The maximum atomic E-state index is 12.9. The van der Waals surface area contributed by atoms with Crippen LogP contribution < -0.4 is 10.6 Å². The number of amides is 1. The zero-order valence-electron chi connectivity index (χ0n) is 14.3. The second-order valence-corrected chi connectivity index (χ2v) is 5.80. The first-order valence-corrected chi connectivity index (χ1v) is 8.10. The minimum atomic E-state index is -4.45. The standard InChI is InChI=1S/C19H14F4N4O/c20-14-6-4-12(5-7-14)9-26-18(28)16-10-25-17(11-24-16)27-15-3-1-2-13(8-15)19(21,22)23/h1-8,10-11H,9H2,(H,25,27)(H,26,28). The Morgan fingerprint density at radius 3 is 2.39 bits per heavy atom. The highest BCUT2D eigenvalue weighted by atomic mass is 19.4. The number of hydrogen-bond acceptors (Lipinski definition) is 4. The smallest absolute Gasteiger partial charge is 0.347 e. The SMILES string of the molecule is O=C(NCc1ccc(F)cc1)c1cnc(Nc2cccc(C(F)(F)F)c2)cn1. The van der Waals surface area contributed by atoms with Crippen molar-refractivity contribution in [3.8, 4) is 0 Å². The summed E-state index contributed by atoms with van der Waals surface area (Å²) in [4.78, 5) is 20.0. The Labute approximate surface area is 157 Å². The Balaban J connectivity index is 1.61. The van der Waals surface area contributed by atoms with E-state index in [0.717, 1.165) is 12.1 Å². The predicted octanol–water partition coefficient (Wildman–Crippen LogP) is 4.31. The van der Waals surface area contributed by atoms with Gasteiger partial charge in [-0.2, -0.15) is 13.2 Å². The van der Waals surface area contributed by atoms with Crippen molar-refractivity contribution in [2.45, 2.75) is 12.7 Å². The minimum absolute atomic E-state index is 0.0386. The molecule has 0 unspecified atom stereocenters. The lowest BCUT2D eigenvalue weighted by molar-refractivity contribution is -0.137. The van der Waals surface area contributed by atoms with Gasteiger partial charge < -0.3 is 10.6 Å². The van der Waals surface area contributed by atoms with Crippen LogP contribution in [0.2, 0.25) is 0 Å². The van der Waals surface area contributed by atoms with E-state index in [1.165, 1.54) is 36.7 Å². The topological polar surface area (TPSA) is 66.9 Å². The zero-order chi connectivity index (χ0) is 20.1. The van der Waals surface area contributed by atoms with Crippen molar-refractivity contribution in [2.24, 2.45) is 0 Å². The minimum Gasteiger partial charge on any atom is -0.347 e. The Kier molecular flexibility index (Phi) is 5.53. The lowest BCUT2D eigenvalue weighted by atomic mass is 10.2. The summed E-state index contributed by atoms with van der Waals surface area (Å²) < 4.78 is 51.1. The zero-order valence-corrected chi connectivity index (χ0v) is 14.3. The molecule has 0 atom stereocenters. The summed E-state index contributed by atoms with van der Waals surface area (Å²) in [6.07, 6.45) is -2.00. The van der Waals surface area contributed by atoms with Gasteiger partial charge in [-0.1, -0.05) is 18.2 Å². The van der Waals surface area contributed by atoms with Gasteiger partial charge in [-0.25, -0.2) is 14.4 Å². The van der Waals surface area contributed by atoms with Crippen LogP contribution in [0, 0.1) is 5.82 Å². The predicted molar refractivity (Wildman–Crippen MR) is 94.3 cm³/mol. The van der Waals surface area contributed by atoms with E-state index in [-0.39, 0.29) is 29.6 Å². The Morgan fingerprint density at radius 1 is 1.00 bits per heavy atom. The van der Waals surface area contributed by atoms with Crippen molar-refractivity contribution in [3.05, 3.63) is 83.6 Å². The van der Waals surface area contributed by atoms with Crippen LogP contribution in [0.25, 0.3) is 0 Å². The van der Waals surface area contributed by atoms with Gasteiger partial charge in [0.25, 0.3) is 5.91 Å². The third-order valence-corrected chi connectivity index (χ3v) is 3.71. The number of aromatic nitrogens is 2. The first kappa shape index (κ1) is 19.3. The first-order chi connectivity index (χ1) is 13.3. The molecule has 2 N–H and O–H groups in total. The molecule has 1 heterocycles. The fourth-order valence-electron chi connectivity index (χ4n) is 2.31. The number of rotatable bonds is 5. The monoisotopic (exact) mass is 390 g/mol. The van der Waals surface area contributed by atoms with Crippen molar-refractivity contribution in [1.82, 2.24) is 15.3 Å². The molecule has 9 heteroatoms. The number of halogens is 4. The average molecular weight is 390 g/mol. The van der Waals surface area contributed by atoms with E-state index in [2.05, 4.69) is 20.6 Å². The fraction of sp³-hybridized carbons (Fsp3) is 0.105. The lowest BCUT2D eigenvalue weighted by Crippen LogP contribution is -2.24. The van der Waals surface area contributed by atoms with Crippen LogP contribution in [0.15, 0.2) is 60.9 Å². The van der Waals surface area contributed by atoms with Gasteiger partial charge in [0, 0.05) is 12.2 Å². The van der Waals surface area contributed by atoms with Crippen LogP contribution >= 0.6 is 0 Å². The van der Waals surface area contributed by atoms with Gasteiger partial charge in [0.05, 0.1) is 18.0 Å². The molecule has 0 aliphatic rings. The molecule has 3 rings (SSSR count). The van der Waals surface area contributed by atoms with Crippen molar-refractivity contribution in [1.29, 1.82) is 0 Å². The molecule has 0 aliphatic carbocycles. The lowest BCUT2D eigenvalue weighted by Gasteiger charge is -2.10. The number of hydrogen-bond donors (Lipinski definition) is 2. The van der Waals surface area contributed by atoms with Crippen molar-refractivity contribution < 1.29 is 22.4 Å². The number of nitrogens with zero attached hydrogens (tertiary/aromatic N) is 2. The second-order valence-electron chi connectivity index (χ2n) is 5.80. The number of carbonyl (C=O) groups excluding carboxylic acids is 1. The highest BCUT2D eigenvalue weighted by molar-refractivity contribution is 5.92. The van der Waals surface area contributed by atoms with Crippen molar-refractivity contribution in [2.75, 3.05) is 5.32 Å². The maximum Gasteiger partial charge on any atom is 0.416 e. The normalized spacial score (nSPS) is 11.1. The molecule has 0 saturated heterocycles. The van der Waals surface area contributed by atoms with E-state index in [1.807, 2.05) is 0 Å². The van der Waals surface area contributed by atoms with Crippen molar-refractivity contribution >= 4 is 17.4 Å². The van der Waals surface area contributed by atoms with E-state index < -0.39 is 17.6 Å². The molecule has 1 amide bonds. The summed E-state index contributed by atoms with van der Waals surface area (Å²) in [7, 11) is 0. The molecule has 1 aromatic heterocycles. The highest BCUT2D eigenvalue weighted by Crippen LogP contribution is 2.31. The molecule has 2 aromatic carbocycles. The molecule has 0 radical (unpaired) electrons. The number of anilines is 2. The van der Waals surface area contributed by atoms with E-state index in [9.17, 15) is 22.4 Å². The summed E-state index contributed by atoms with van der Waals surface area (Å²) in [6.45, 7) is 0.186. The number of carbonyl (C=O) groups is 1. The molecular formula is C19H14F4N4O. The maximum absolute atomic E-state index is 12.9. The molecule has 0 bridgehead atoms. The van der Waals surface area contributed by atoms with E-state index in [4.69, 9.17) is 0 Å². The van der Waals surface area contributed by atoms with Gasteiger partial charge in [-0.15, -0.1) is 0 Å². The molecule has 0 fully saturated rings. The molecule has 5 nitrogen and oxygen atoms in total. The van der Waals surface area contributed by atoms with Gasteiger partial charge in [0.1, 0.15) is 17.3 Å². The Hall–Kier alpha value is -3.49. The fourth-order valence-corrected chi connectivity index (χ4v) is 2.31. The third-order valence-electron chi connectivity index (χ3n) is 3.71. The van der Waals surface area contributed by atoms with Crippen LogP contribution in [0.1, 0.15) is 21.6 Å². The quantitative estimate of drug-likeness (QED) is 0.638. The van der Waals surface area contributed by atoms with Gasteiger partial charge in [-0.05, 0) is 35.9 Å². The third kappa shape index (κ3) is 5.03.